The van der Waals surface area contributed by atoms with Crippen molar-refractivity contribution in [2.45, 2.75) is 32.4 Å². The molecule has 0 saturated carbocycles. The molecule has 0 spiro atoms. The van der Waals surface area contributed by atoms with Crippen LogP contribution in [0, 0.1) is 12.7 Å². The second-order valence-electron chi connectivity index (χ2n) is 6.45. The lowest BCUT2D eigenvalue weighted by molar-refractivity contribution is 0.206. The van der Waals surface area contributed by atoms with E-state index in [-0.39, 0.29) is 5.92 Å². The summed E-state index contributed by atoms with van der Waals surface area (Å²) in [5.41, 5.74) is 2.84. The molecule has 3 rings (SSSR count). The average Bonchev–Trinajstić information content (AvgIpc) is 2.72. The van der Waals surface area contributed by atoms with Crippen molar-refractivity contribution in [3.05, 3.63) is 77.1 Å². The van der Waals surface area contributed by atoms with Crippen LogP contribution in [0.4, 0.5) is 10.2 Å². The molecule has 7 heteroatoms. The quantitative estimate of drug-likeness (QED) is 0.602. The number of pyridine rings is 3. The maximum absolute atomic E-state index is 13.6. The molecule has 2 atom stereocenters. The molecule has 0 radical (unpaired) electrons. The third-order valence-electron chi connectivity index (χ3n) is 4.74. The lowest BCUT2D eigenvalue weighted by Gasteiger charge is -2.18. The molecule has 0 bridgehead atoms. The Bertz CT molecular complexity index is 917. The third-order valence-corrected chi connectivity index (χ3v) is 4.74. The van der Waals surface area contributed by atoms with E-state index in [9.17, 15) is 9.50 Å². The van der Waals surface area contributed by atoms with Gasteiger partial charge in [-0.15, -0.1) is 0 Å². The van der Waals surface area contributed by atoms with Crippen LogP contribution in [0.3, 0.4) is 0 Å². The van der Waals surface area contributed by atoms with Gasteiger partial charge in [-0.1, -0.05) is 19.1 Å². The molecule has 3 aromatic rings. The predicted molar refractivity (Wildman–Crippen MR) is 105 cm³/mol. The monoisotopic (exact) mass is 382 g/mol. The van der Waals surface area contributed by atoms with Crippen LogP contribution in [0.2, 0.25) is 0 Å². The minimum atomic E-state index is -1.10. The molecule has 3 aromatic heterocycles. The maximum atomic E-state index is 13.6. The Balaban J connectivity index is 1.75. The van der Waals surface area contributed by atoms with Gasteiger partial charge < -0.3 is 15.2 Å². The lowest BCUT2D eigenvalue weighted by atomic mass is 9.91. The molecule has 0 saturated heterocycles. The number of anilines is 1. The first kappa shape index (κ1) is 19.7. The first-order chi connectivity index (χ1) is 13.5. The summed E-state index contributed by atoms with van der Waals surface area (Å²) in [4.78, 5) is 12.5. The number of nitrogens with one attached hydrogen (secondary N) is 1. The zero-order chi connectivity index (χ0) is 20.1. The van der Waals surface area contributed by atoms with Crippen molar-refractivity contribution < 1.29 is 14.2 Å². The number of halogens is 1. The van der Waals surface area contributed by atoms with Gasteiger partial charge in [0.2, 0.25) is 5.88 Å². The van der Waals surface area contributed by atoms with E-state index in [1.165, 1.54) is 6.20 Å². The van der Waals surface area contributed by atoms with Crippen molar-refractivity contribution in [3.8, 4) is 5.88 Å². The first-order valence-electron chi connectivity index (χ1n) is 9.04. The van der Waals surface area contributed by atoms with Gasteiger partial charge in [0.05, 0.1) is 13.3 Å². The van der Waals surface area contributed by atoms with Gasteiger partial charge in [-0.05, 0) is 36.1 Å². The van der Waals surface area contributed by atoms with Gasteiger partial charge in [0.15, 0.2) is 6.23 Å². The van der Waals surface area contributed by atoms with E-state index in [4.69, 9.17) is 4.74 Å². The van der Waals surface area contributed by atoms with Crippen LogP contribution in [0.1, 0.15) is 47.7 Å². The number of aliphatic hydroxyl groups excluding tert-OH is 1. The van der Waals surface area contributed by atoms with Crippen molar-refractivity contribution in [1.82, 2.24) is 15.0 Å². The topological polar surface area (TPSA) is 80.2 Å². The van der Waals surface area contributed by atoms with Crippen LogP contribution in [0.5, 0.6) is 5.88 Å². The summed E-state index contributed by atoms with van der Waals surface area (Å²) < 4.78 is 18.7. The Morgan fingerprint density at radius 1 is 1.07 bits per heavy atom. The number of rotatable bonds is 7. The third kappa shape index (κ3) is 4.26. The molecular formula is C21H23FN4O2. The Labute approximate surface area is 163 Å². The Morgan fingerprint density at radius 2 is 1.79 bits per heavy atom. The number of hydrogen-bond donors (Lipinski definition) is 2. The summed E-state index contributed by atoms with van der Waals surface area (Å²) >= 11 is 0. The van der Waals surface area contributed by atoms with E-state index in [1.807, 2.05) is 24.4 Å². The largest absolute Gasteiger partial charge is 0.481 e. The normalized spacial score (nSPS) is 13.0. The Morgan fingerprint density at radius 3 is 2.36 bits per heavy atom. The summed E-state index contributed by atoms with van der Waals surface area (Å²) in [6.07, 6.45) is 5.92. The molecule has 2 unspecified atom stereocenters. The smallest absolute Gasteiger partial charge is 0.212 e. The molecule has 28 heavy (non-hydrogen) atoms. The van der Waals surface area contributed by atoms with E-state index in [1.54, 1.807) is 26.3 Å². The zero-order valence-corrected chi connectivity index (χ0v) is 16.1. The zero-order valence-electron chi connectivity index (χ0n) is 16.1. The SMILES string of the molecule is CCC(c1ccc(NC(O)c2cncc(F)c2C)nc1)c1ccc(OC)nc1. The van der Waals surface area contributed by atoms with Crippen LogP contribution in [0.25, 0.3) is 0 Å². The fourth-order valence-corrected chi connectivity index (χ4v) is 3.09. The standard InChI is InChI=1S/C21H23FN4O2/c1-4-16(15-6-8-20(28-3)25-10-15)14-5-7-19(24-9-14)26-21(27)17-11-23-12-18(22)13(17)2/h5-12,16,21,27H,4H2,1-3H3,(H,24,26). The van der Waals surface area contributed by atoms with Gasteiger partial charge in [-0.3, -0.25) is 4.98 Å². The highest BCUT2D eigenvalue weighted by atomic mass is 19.1. The van der Waals surface area contributed by atoms with Crippen LogP contribution < -0.4 is 10.1 Å². The number of ether oxygens (including phenoxy) is 1. The van der Waals surface area contributed by atoms with Crippen molar-refractivity contribution >= 4 is 5.82 Å². The molecule has 0 aliphatic heterocycles. The molecule has 0 aliphatic carbocycles. The first-order valence-corrected chi connectivity index (χ1v) is 9.04. The maximum Gasteiger partial charge on any atom is 0.212 e. The highest BCUT2D eigenvalue weighted by molar-refractivity contribution is 5.41. The molecule has 3 heterocycles. The summed E-state index contributed by atoms with van der Waals surface area (Å²) in [6, 6.07) is 7.58. The van der Waals surface area contributed by atoms with Crippen LogP contribution in [-0.2, 0) is 0 Å². The molecule has 0 fully saturated rings. The predicted octanol–water partition coefficient (Wildman–Crippen LogP) is 3.97. The van der Waals surface area contributed by atoms with Gasteiger partial charge >= 0.3 is 0 Å². The van der Waals surface area contributed by atoms with E-state index in [0.717, 1.165) is 23.7 Å². The lowest BCUT2D eigenvalue weighted by Crippen LogP contribution is -2.13. The number of aliphatic hydroxyl groups is 1. The summed E-state index contributed by atoms with van der Waals surface area (Å²) in [5, 5.41) is 13.2. The summed E-state index contributed by atoms with van der Waals surface area (Å²) in [6.45, 7) is 3.70. The van der Waals surface area contributed by atoms with E-state index >= 15 is 0 Å². The minimum absolute atomic E-state index is 0.152. The van der Waals surface area contributed by atoms with Crippen LogP contribution in [-0.4, -0.2) is 27.2 Å². The Hall–Kier alpha value is -3.06. The number of hydrogen-bond acceptors (Lipinski definition) is 6. The summed E-state index contributed by atoms with van der Waals surface area (Å²) in [7, 11) is 1.59. The van der Waals surface area contributed by atoms with Crippen molar-refractivity contribution in [2.75, 3.05) is 12.4 Å². The van der Waals surface area contributed by atoms with Gasteiger partial charge in [-0.25, -0.2) is 14.4 Å². The average molecular weight is 382 g/mol. The molecule has 2 N–H and O–H groups in total. The van der Waals surface area contributed by atoms with Crippen LogP contribution >= 0.6 is 0 Å². The van der Waals surface area contributed by atoms with Gasteiger partial charge in [0.25, 0.3) is 0 Å². The van der Waals surface area contributed by atoms with Gasteiger partial charge in [-0.2, -0.15) is 0 Å². The van der Waals surface area contributed by atoms with Gasteiger partial charge in [0, 0.05) is 36.1 Å². The molecule has 0 aromatic carbocycles. The fourth-order valence-electron chi connectivity index (χ4n) is 3.09. The molecule has 0 aliphatic rings. The molecule has 0 amide bonds. The number of aromatic nitrogens is 3. The fraction of sp³-hybridized carbons (Fsp3) is 0.286. The van der Waals surface area contributed by atoms with Crippen LogP contribution in [0.15, 0.2) is 49.1 Å². The molecule has 6 nitrogen and oxygen atoms in total. The van der Waals surface area contributed by atoms with E-state index in [0.29, 0.717) is 22.8 Å². The van der Waals surface area contributed by atoms with E-state index in [2.05, 4.69) is 27.2 Å². The van der Waals surface area contributed by atoms with Gasteiger partial charge in [0.1, 0.15) is 11.6 Å². The van der Waals surface area contributed by atoms with Crippen molar-refractivity contribution in [3.63, 3.8) is 0 Å². The second kappa shape index (κ2) is 8.75. The molecular weight excluding hydrogens is 359 g/mol. The minimum Gasteiger partial charge on any atom is -0.481 e. The summed E-state index contributed by atoms with van der Waals surface area (Å²) in [5.74, 6) is 0.759. The second-order valence-corrected chi connectivity index (χ2v) is 6.45. The Kier molecular flexibility index (Phi) is 6.16. The van der Waals surface area contributed by atoms with E-state index < -0.39 is 12.0 Å². The van der Waals surface area contributed by atoms with Crippen molar-refractivity contribution in [2.24, 2.45) is 0 Å². The number of methoxy groups -OCH3 is 1. The number of nitrogens with zero attached hydrogens (tertiary/aromatic N) is 3. The highest BCUT2D eigenvalue weighted by Crippen LogP contribution is 2.29. The van der Waals surface area contributed by atoms with Crippen molar-refractivity contribution in [1.29, 1.82) is 0 Å². The molecule has 146 valence electrons. The highest BCUT2D eigenvalue weighted by Gasteiger charge is 2.16.